The summed E-state index contributed by atoms with van der Waals surface area (Å²) in [5.41, 5.74) is 6.17. The molecule has 5 heteroatoms. The molecule has 1 aromatic carbocycles. The summed E-state index contributed by atoms with van der Waals surface area (Å²) < 4.78 is 4.75. The van der Waals surface area contributed by atoms with Crippen molar-refractivity contribution < 1.29 is 19.4 Å². The number of esters is 1. The molecule has 5 nitrogen and oxygen atoms in total. The minimum Gasteiger partial charge on any atom is -0.478 e. The molecular formula is C15H23NO4. The highest BCUT2D eigenvalue weighted by Gasteiger charge is 1.99. The molecule has 3 N–H and O–H groups in total. The van der Waals surface area contributed by atoms with Gasteiger partial charge >= 0.3 is 11.9 Å². The molecule has 0 spiro atoms. The van der Waals surface area contributed by atoms with Crippen LogP contribution in [0.5, 0.6) is 0 Å². The van der Waals surface area contributed by atoms with Gasteiger partial charge in [0.15, 0.2) is 0 Å². The Hall–Kier alpha value is -2.04. The molecule has 0 fully saturated rings. The fourth-order valence-electron chi connectivity index (χ4n) is 1.38. The van der Waals surface area contributed by atoms with Crippen molar-refractivity contribution in [2.75, 3.05) is 12.3 Å². The molecule has 112 valence electrons. The largest absolute Gasteiger partial charge is 0.478 e. The number of carbonyl (C=O) groups is 2. The third kappa shape index (κ3) is 8.97. The fraction of sp³-hybridized carbons (Fsp3) is 0.467. The van der Waals surface area contributed by atoms with Gasteiger partial charge in [-0.05, 0) is 37.6 Å². The van der Waals surface area contributed by atoms with Crippen molar-refractivity contribution in [2.45, 2.75) is 39.5 Å². The number of nitrogens with two attached hydrogens (primary N) is 1. The molecule has 0 saturated carbocycles. The highest BCUT2D eigenvalue weighted by molar-refractivity contribution is 5.87. The Balaban J connectivity index is 0.000000361. The van der Waals surface area contributed by atoms with Crippen molar-refractivity contribution >= 4 is 17.6 Å². The van der Waals surface area contributed by atoms with Gasteiger partial charge in [0.1, 0.15) is 0 Å². The predicted molar refractivity (Wildman–Crippen MR) is 78.6 cm³/mol. The van der Waals surface area contributed by atoms with Crippen LogP contribution in [0.1, 0.15) is 49.9 Å². The molecule has 0 radical (unpaired) electrons. The second-order valence-corrected chi connectivity index (χ2v) is 4.19. The van der Waals surface area contributed by atoms with Gasteiger partial charge in [0.25, 0.3) is 0 Å². The van der Waals surface area contributed by atoms with E-state index in [4.69, 9.17) is 15.6 Å². The average molecular weight is 281 g/mol. The van der Waals surface area contributed by atoms with E-state index < -0.39 is 5.97 Å². The van der Waals surface area contributed by atoms with Crippen LogP contribution >= 0.6 is 0 Å². The first kappa shape index (κ1) is 18.0. The Labute approximate surface area is 119 Å². The van der Waals surface area contributed by atoms with Crippen LogP contribution in [0.25, 0.3) is 0 Å². The van der Waals surface area contributed by atoms with E-state index in [0.29, 0.717) is 18.7 Å². The van der Waals surface area contributed by atoms with E-state index in [0.717, 1.165) is 19.3 Å². The van der Waals surface area contributed by atoms with Gasteiger partial charge in [-0.2, -0.15) is 0 Å². The van der Waals surface area contributed by atoms with Crippen molar-refractivity contribution in [1.29, 1.82) is 0 Å². The Morgan fingerprint density at radius 2 is 1.75 bits per heavy atom. The summed E-state index contributed by atoms with van der Waals surface area (Å²) >= 11 is 0. The summed E-state index contributed by atoms with van der Waals surface area (Å²) in [6, 6.07) is 6.06. The summed E-state index contributed by atoms with van der Waals surface area (Å²) in [5, 5.41) is 8.43. The average Bonchev–Trinajstić information content (AvgIpc) is 2.40. The van der Waals surface area contributed by atoms with Gasteiger partial charge in [0.05, 0.1) is 12.2 Å². The number of nitrogen functional groups attached to an aromatic ring is 1. The quantitative estimate of drug-likeness (QED) is 0.475. The number of benzene rings is 1. The zero-order valence-electron chi connectivity index (χ0n) is 12.1. The number of rotatable bonds is 6. The van der Waals surface area contributed by atoms with Gasteiger partial charge in [-0.3, -0.25) is 4.79 Å². The summed E-state index contributed by atoms with van der Waals surface area (Å²) in [5.74, 6) is -0.990. The highest BCUT2D eigenvalue weighted by Crippen LogP contribution is 2.04. The number of unbranched alkanes of at least 4 members (excludes halogenated alkanes) is 2. The van der Waals surface area contributed by atoms with E-state index in [2.05, 4.69) is 6.92 Å². The monoisotopic (exact) mass is 281 g/mol. The van der Waals surface area contributed by atoms with Gasteiger partial charge in [0, 0.05) is 12.1 Å². The number of hydrogen-bond donors (Lipinski definition) is 2. The third-order valence-corrected chi connectivity index (χ3v) is 2.45. The minimum absolute atomic E-state index is 0.0593. The molecule has 0 amide bonds. The van der Waals surface area contributed by atoms with Crippen molar-refractivity contribution in [3.8, 4) is 0 Å². The fourth-order valence-corrected chi connectivity index (χ4v) is 1.38. The summed E-state index contributed by atoms with van der Waals surface area (Å²) in [6.07, 6.45) is 3.83. The molecule has 20 heavy (non-hydrogen) atoms. The van der Waals surface area contributed by atoms with Crippen molar-refractivity contribution in [2.24, 2.45) is 0 Å². The van der Waals surface area contributed by atoms with Gasteiger partial charge in [-0.1, -0.05) is 19.8 Å². The van der Waals surface area contributed by atoms with Crippen LogP contribution in [0.2, 0.25) is 0 Å². The van der Waals surface area contributed by atoms with E-state index in [1.165, 1.54) is 12.1 Å². The first-order valence-corrected chi connectivity index (χ1v) is 6.75. The zero-order valence-corrected chi connectivity index (χ0v) is 12.1. The molecule has 0 unspecified atom stereocenters. The SMILES string of the molecule is CCCCCC(=O)OCC.Nc1ccc(C(=O)O)cc1. The van der Waals surface area contributed by atoms with Crippen LogP contribution in [0.3, 0.4) is 0 Å². The lowest BCUT2D eigenvalue weighted by atomic mass is 10.2. The highest BCUT2D eigenvalue weighted by atomic mass is 16.5. The van der Waals surface area contributed by atoms with E-state index in [9.17, 15) is 9.59 Å². The zero-order chi connectivity index (χ0) is 15.4. The molecule has 0 aliphatic carbocycles. The molecule has 0 aliphatic rings. The van der Waals surface area contributed by atoms with Crippen molar-refractivity contribution in [3.63, 3.8) is 0 Å². The maximum Gasteiger partial charge on any atom is 0.335 e. The molecule has 0 saturated heterocycles. The van der Waals surface area contributed by atoms with Crippen LogP contribution in [0.15, 0.2) is 24.3 Å². The summed E-state index contributed by atoms with van der Waals surface area (Å²) in [7, 11) is 0. The van der Waals surface area contributed by atoms with Crippen molar-refractivity contribution in [1.82, 2.24) is 0 Å². The topological polar surface area (TPSA) is 89.6 Å². The van der Waals surface area contributed by atoms with E-state index in [-0.39, 0.29) is 11.5 Å². The normalized spacial score (nSPS) is 9.30. The third-order valence-electron chi connectivity index (χ3n) is 2.45. The van der Waals surface area contributed by atoms with E-state index in [1.807, 2.05) is 6.92 Å². The Kier molecular flexibility index (Phi) is 9.74. The lowest BCUT2D eigenvalue weighted by molar-refractivity contribution is -0.143. The predicted octanol–water partition coefficient (Wildman–Crippen LogP) is 3.10. The summed E-state index contributed by atoms with van der Waals surface area (Å²) in [4.78, 5) is 21.0. The second kappa shape index (κ2) is 10.8. The Morgan fingerprint density at radius 1 is 1.15 bits per heavy atom. The lowest BCUT2D eigenvalue weighted by Gasteiger charge is -1.99. The standard InChI is InChI=1S/C8H16O2.C7H7NO2/c1-3-5-6-7-8(9)10-4-2;8-6-3-1-5(2-4-6)7(9)10/h3-7H2,1-2H3;1-4H,8H2,(H,9,10). The minimum atomic E-state index is -0.931. The van der Waals surface area contributed by atoms with Gasteiger partial charge < -0.3 is 15.6 Å². The van der Waals surface area contributed by atoms with Crippen LogP contribution in [0, 0.1) is 0 Å². The maximum atomic E-state index is 10.7. The van der Waals surface area contributed by atoms with Gasteiger partial charge in [-0.25, -0.2) is 4.79 Å². The Morgan fingerprint density at radius 3 is 2.20 bits per heavy atom. The van der Waals surface area contributed by atoms with Gasteiger partial charge in [-0.15, -0.1) is 0 Å². The smallest absolute Gasteiger partial charge is 0.335 e. The lowest BCUT2D eigenvalue weighted by Crippen LogP contribution is -2.02. The molecule has 0 bridgehead atoms. The molecule has 1 aromatic rings. The van der Waals surface area contributed by atoms with E-state index >= 15 is 0 Å². The van der Waals surface area contributed by atoms with Gasteiger partial charge in [0.2, 0.25) is 0 Å². The Bertz CT molecular complexity index is 401. The number of anilines is 1. The molecule has 0 aliphatic heterocycles. The van der Waals surface area contributed by atoms with E-state index in [1.54, 1.807) is 12.1 Å². The number of carbonyl (C=O) groups excluding carboxylic acids is 1. The number of hydrogen-bond acceptors (Lipinski definition) is 4. The van der Waals surface area contributed by atoms with Crippen LogP contribution in [0.4, 0.5) is 5.69 Å². The molecule has 1 rings (SSSR count). The van der Waals surface area contributed by atoms with Crippen LogP contribution < -0.4 is 5.73 Å². The molecule has 0 atom stereocenters. The first-order chi connectivity index (χ1) is 9.51. The van der Waals surface area contributed by atoms with Crippen molar-refractivity contribution in [3.05, 3.63) is 29.8 Å². The second-order valence-electron chi connectivity index (χ2n) is 4.19. The number of carboxylic acid groups (broad SMARTS) is 1. The van der Waals surface area contributed by atoms with Crippen LogP contribution in [-0.2, 0) is 9.53 Å². The molecular weight excluding hydrogens is 258 g/mol. The molecule has 0 aromatic heterocycles. The summed E-state index contributed by atoms with van der Waals surface area (Å²) in [6.45, 7) is 4.45. The number of carboxylic acids is 1. The number of aromatic carboxylic acids is 1. The first-order valence-electron chi connectivity index (χ1n) is 6.75. The van der Waals surface area contributed by atoms with Crippen LogP contribution in [-0.4, -0.2) is 23.7 Å². The number of ether oxygens (including phenoxy) is 1. The maximum absolute atomic E-state index is 10.7. The molecule has 0 heterocycles.